The zero-order chi connectivity index (χ0) is 16.9. The monoisotopic (exact) mass is 350 g/mol. The van der Waals surface area contributed by atoms with Gasteiger partial charge in [-0.25, -0.2) is 0 Å². The summed E-state index contributed by atoms with van der Waals surface area (Å²) in [6, 6.07) is 7.10. The van der Waals surface area contributed by atoms with Crippen LogP contribution in [0.4, 0.5) is 0 Å². The molecule has 2 amide bonds. The largest absolute Gasteiger partial charge is 0.349 e. The van der Waals surface area contributed by atoms with E-state index in [0.717, 1.165) is 12.1 Å². The number of carbonyl (C=O) groups is 2. The number of hydrogen-bond acceptors (Lipinski definition) is 2. The topological polar surface area (TPSA) is 53.9 Å². The lowest BCUT2D eigenvalue weighted by Gasteiger charge is -2.24. The number of nitrogens with one attached hydrogen (secondary N) is 2. The molecule has 2 heterocycles. The number of rotatable bonds is 6. The first-order valence-electron chi connectivity index (χ1n) is 8.79. The summed E-state index contributed by atoms with van der Waals surface area (Å²) in [5.41, 5.74) is 0.883. The normalized spacial score (nSPS) is 21.5. The SMILES string of the molecule is O=C(NCC[NH+]1CCCC1)C1CCC(=O)N1Cc1ccccc1Cl. The molecular formula is C18H25ClN3O2+. The number of likely N-dealkylation sites (tertiary alicyclic amines) is 2. The number of nitrogens with zero attached hydrogens (tertiary/aromatic N) is 1. The summed E-state index contributed by atoms with van der Waals surface area (Å²) >= 11 is 6.19. The van der Waals surface area contributed by atoms with Crippen molar-refractivity contribution in [3.63, 3.8) is 0 Å². The Morgan fingerprint density at radius 3 is 2.79 bits per heavy atom. The molecule has 24 heavy (non-hydrogen) atoms. The molecule has 2 saturated heterocycles. The maximum atomic E-state index is 12.5. The third-order valence-corrected chi connectivity index (χ3v) is 5.39. The van der Waals surface area contributed by atoms with Crippen LogP contribution in [0.3, 0.4) is 0 Å². The van der Waals surface area contributed by atoms with Gasteiger partial charge in [-0.1, -0.05) is 29.8 Å². The van der Waals surface area contributed by atoms with Crippen molar-refractivity contribution in [1.82, 2.24) is 10.2 Å². The van der Waals surface area contributed by atoms with Gasteiger partial charge in [0, 0.05) is 30.8 Å². The van der Waals surface area contributed by atoms with Crippen LogP contribution in [-0.4, -0.2) is 48.9 Å². The Labute approximate surface area is 147 Å². The molecule has 0 aliphatic carbocycles. The fourth-order valence-corrected chi connectivity index (χ4v) is 3.82. The van der Waals surface area contributed by atoms with Gasteiger partial charge in [-0.3, -0.25) is 9.59 Å². The lowest BCUT2D eigenvalue weighted by atomic mass is 10.1. The summed E-state index contributed by atoms with van der Waals surface area (Å²) in [5, 5.41) is 3.65. The highest BCUT2D eigenvalue weighted by atomic mass is 35.5. The first kappa shape index (κ1) is 17.2. The summed E-state index contributed by atoms with van der Waals surface area (Å²) in [6.07, 6.45) is 3.59. The predicted octanol–water partition coefficient (Wildman–Crippen LogP) is 0.626. The van der Waals surface area contributed by atoms with E-state index in [1.54, 1.807) is 9.80 Å². The fourth-order valence-electron chi connectivity index (χ4n) is 3.62. The highest BCUT2D eigenvalue weighted by Gasteiger charge is 2.36. The van der Waals surface area contributed by atoms with Gasteiger partial charge in [-0.2, -0.15) is 0 Å². The van der Waals surface area contributed by atoms with E-state index in [0.29, 0.717) is 31.0 Å². The van der Waals surface area contributed by atoms with Crippen molar-refractivity contribution in [3.05, 3.63) is 34.9 Å². The van der Waals surface area contributed by atoms with E-state index < -0.39 is 0 Å². The van der Waals surface area contributed by atoms with Crippen LogP contribution in [0.2, 0.25) is 5.02 Å². The standard InChI is InChI=1S/C18H24ClN3O2/c19-15-6-2-1-5-14(15)13-22-16(7-8-17(22)23)18(24)20-9-12-21-10-3-4-11-21/h1-2,5-6,16H,3-4,7-13H2,(H,20,24)/p+1. The second-order valence-electron chi connectivity index (χ2n) is 6.67. The van der Waals surface area contributed by atoms with Crippen LogP contribution >= 0.6 is 11.6 Å². The van der Waals surface area contributed by atoms with Crippen molar-refractivity contribution < 1.29 is 14.5 Å². The number of amides is 2. The summed E-state index contributed by atoms with van der Waals surface area (Å²) in [7, 11) is 0. The Morgan fingerprint density at radius 2 is 2.04 bits per heavy atom. The molecular weight excluding hydrogens is 326 g/mol. The van der Waals surface area contributed by atoms with E-state index in [-0.39, 0.29) is 17.9 Å². The maximum Gasteiger partial charge on any atom is 0.243 e. The van der Waals surface area contributed by atoms with Gasteiger partial charge in [0.2, 0.25) is 11.8 Å². The Morgan fingerprint density at radius 1 is 1.29 bits per heavy atom. The molecule has 2 aliphatic rings. The molecule has 130 valence electrons. The smallest absolute Gasteiger partial charge is 0.243 e. The molecule has 6 heteroatoms. The van der Waals surface area contributed by atoms with Crippen LogP contribution < -0.4 is 10.2 Å². The highest BCUT2D eigenvalue weighted by molar-refractivity contribution is 6.31. The highest BCUT2D eigenvalue weighted by Crippen LogP contribution is 2.24. The Kier molecular flexibility index (Phi) is 5.74. The molecule has 1 unspecified atom stereocenters. The molecule has 1 aromatic rings. The van der Waals surface area contributed by atoms with Crippen LogP contribution in [0.25, 0.3) is 0 Å². The zero-order valence-electron chi connectivity index (χ0n) is 13.9. The van der Waals surface area contributed by atoms with E-state index in [9.17, 15) is 9.59 Å². The number of carbonyl (C=O) groups excluding carboxylic acids is 2. The van der Waals surface area contributed by atoms with Crippen molar-refractivity contribution in [3.8, 4) is 0 Å². The van der Waals surface area contributed by atoms with E-state index in [1.165, 1.54) is 25.9 Å². The molecule has 0 aromatic heterocycles. The number of benzene rings is 1. The van der Waals surface area contributed by atoms with Crippen molar-refractivity contribution in [2.45, 2.75) is 38.3 Å². The quantitative estimate of drug-likeness (QED) is 0.790. The second-order valence-corrected chi connectivity index (χ2v) is 7.07. The minimum absolute atomic E-state index is 0.0280. The van der Waals surface area contributed by atoms with E-state index in [2.05, 4.69) is 5.32 Å². The van der Waals surface area contributed by atoms with Gasteiger partial charge in [0.25, 0.3) is 0 Å². The molecule has 2 fully saturated rings. The molecule has 3 rings (SSSR count). The summed E-state index contributed by atoms with van der Waals surface area (Å²) in [4.78, 5) is 27.9. The van der Waals surface area contributed by atoms with Gasteiger partial charge < -0.3 is 15.1 Å². The average Bonchev–Trinajstić information content (AvgIpc) is 3.20. The first-order chi connectivity index (χ1) is 11.6. The van der Waals surface area contributed by atoms with Crippen LogP contribution in [0, 0.1) is 0 Å². The van der Waals surface area contributed by atoms with Crippen LogP contribution in [0.15, 0.2) is 24.3 Å². The van der Waals surface area contributed by atoms with E-state index >= 15 is 0 Å². The van der Waals surface area contributed by atoms with Crippen molar-refractivity contribution in [1.29, 1.82) is 0 Å². The van der Waals surface area contributed by atoms with Crippen LogP contribution in [0.1, 0.15) is 31.2 Å². The third-order valence-electron chi connectivity index (χ3n) is 5.02. The van der Waals surface area contributed by atoms with Crippen molar-refractivity contribution >= 4 is 23.4 Å². The Balaban J connectivity index is 1.55. The third kappa shape index (κ3) is 4.08. The predicted molar refractivity (Wildman–Crippen MR) is 92.8 cm³/mol. The minimum Gasteiger partial charge on any atom is -0.349 e. The van der Waals surface area contributed by atoms with Gasteiger partial charge in [0.05, 0.1) is 26.2 Å². The van der Waals surface area contributed by atoms with Crippen molar-refractivity contribution in [2.24, 2.45) is 0 Å². The maximum absolute atomic E-state index is 12.5. The lowest BCUT2D eigenvalue weighted by Crippen LogP contribution is -3.10. The van der Waals surface area contributed by atoms with Gasteiger partial charge in [-0.05, 0) is 18.1 Å². The second kappa shape index (κ2) is 7.99. The van der Waals surface area contributed by atoms with Gasteiger partial charge >= 0.3 is 0 Å². The van der Waals surface area contributed by atoms with Gasteiger partial charge in [0.1, 0.15) is 6.04 Å². The summed E-state index contributed by atoms with van der Waals surface area (Å²) < 4.78 is 0. The molecule has 1 aromatic carbocycles. The molecule has 0 bridgehead atoms. The van der Waals surface area contributed by atoms with Crippen LogP contribution in [-0.2, 0) is 16.1 Å². The Hall–Kier alpha value is -1.59. The van der Waals surface area contributed by atoms with E-state index in [4.69, 9.17) is 11.6 Å². The molecule has 0 saturated carbocycles. The van der Waals surface area contributed by atoms with E-state index in [1.807, 2.05) is 24.3 Å². The average molecular weight is 351 g/mol. The summed E-state index contributed by atoms with van der Waals surface area (Å²) in [5.74, 6) is -0.00765. The fraction of sp³-hybridized carbons (Fsp3) is 0.556. The van der Waals surface area contributed by atoms with Crippen LogP contribution in [0.5, 0.6) is 0 Å². The molecule has 0 radical (unpaired) electrons. The minimum atomic E-state index is -0.373. The van der Waals surface area contributed by atoms with Gasteiger partial charge in [-0.15, -0.1) is 0 Å². The first-order valence-corrected chi connectivity index (χ1v) is 9.17. The molecule has 0 spiro atoms. The van der Waals surface area contributed by atoms with Gasteiger partial charge in [0.15, 0.2) is 0 Å². The van der Waals surface area contributed by atoms with Crippen molar-refractivity contribution in [2.75, 3.05) is 26.2 Å². The molecule has 1 atom stereocenters. The number of halogens is 1. The molecule has 2 aliphatic heterocycles. The Bertz CT molecular complexity index is 602. The molecule has 5 nitrogen and oxygen atoms in total. The molecule has 2 N–H and O–H groups in total. The lowest BCUT2D eigenvalue weighted by molar-refractivity contribution is -0.886. The zero-order valence-corrected chi connectivity index (χ0v) is 14.6. The number of hydrogen-bond donors (Lipinski definition) is 2. The number of quaternary nitrogens is 1. The summed E-state index contributed by atoms with van der Waals surface area (Å²) in [6.45, 7) is 4.45.